The van der Waals surface area contributed by atoms with Gasteiger partial charge in [-0.2, -0.15) is 4.31 Å². The first-order chi connectivity index (χ1) is 13.2. The third-order valence-corrected chi connectivity index (χ3v) is 6.19. The summed E-state index contributed by atoms with van der Waals surface area (Å²) < 4.78 is 77.9. The Morgan fingerprint density at radius 1 is 1.11 bits per heavy atom. The predicted octanol–water partition coefficient (Wildman–Crippen LogP) is 2.49. The normalized spacial score (nSPS) is 20.1. The van der Waals surface area contributed by atoms with Gasteiger partial charge < -0.3 is 9.47 Å². The third kappa shape index (κ3) is 3.83. The Morgan fingerprint density at radius 2 is 1.82 bits per heavy atom. The van der Waals surface area contributed by atoms with Crippen LogP contribution in [0, 0.1) is 17.5 Å². The molecule has 0 bridgehead atoms. The van der Waals surface area contributed by atoms with Crippen LogP contribution < -0.4 is 4.74 Å². The van der Waals surface area contributed by atoms with E-state index in [0.29, 0.717) is 16.4 Å². The maximum absolute atomic E-state index is 14.1. The van der Waals surface area contributed by atoms with Crippen molar-refractivity contribution in [2.24, 2.45) is 0 Å². The van der Waals surface area contributed by atoms with Gasteiger partial charge in [-0.1, -0.05) is 12.1 Å². The fraction of sp³-hybridized carbons (Fsp3) is 0.278. The minimum atomic E-state index is -4.59. The quantitative estimate of drug-likeness (QED) is 0.702. The van der Waals surface area contributed by atoms with Crippen molar-refractivity contribution in [1.82, 2.24) is 4.31 Å². The van der Waals surface area contributed by atoms with Crippen LogP contribution in [0.25, 0.3) is 0 Å². The fourth-order valence-electron chi connectivity index (χ4n) is 2.99. The summed E-state index contributed by atoms with van der Waals surface area (Å²) in [7, 11) is -3.52. The number of carbonyl (C=O) groups excluding carboxylic acids is 1. The minimum Gasteiger partial charge on any atom is -0.486 e. The van der Waals surface area contributed by atoms with Crippen LogP contribution in [0.1, 0.15) is 6.42 Å². The van der Waals surface area contributed by atoms with E-state index in [1.54, 1.807) is 0 Å². The largest absolute Gasteiger partial charge is 0.486 e. The van der Waals surface area contributed by atoms with Crippen molar-refractivity contribution in [3.8, 4) is 5.75 Å². The number of methoxy groups -OCH3 is 1. The molecule has 1 saturated heterocycles. The molecule has 0 N–H and O–H groups in total. The lowest BCUT2D eigenvalue weighted by molar-refractivity contribution is -0.144. The number of nitrogens with zero attached hydrogens (tertiary/aromatic N) is 1. The lowest BCUT2D eigenvalue weighted by atomic mass is 10.2. The van der Waals surface area contributed by atoms with E-state index in [-0.39, 0.29) is 18.7 Å². The molecule has 10 heteroatoms. The van der Waals surface area contributed by atoms with Gasteiger partial charge in [0.1, 0.15) is 28.7 Å². The Bertz CT molecular complexity index is 998. The van der Waals surface area contributed by atoms with Crippen LogP contribution in [0.3, 0.4) is 0 Å². The third-order valence-electron chi connectivity index (χ3n) is 4.30. The highest BCUT2D eigenvalue weighted by Gasteiger charge is 2.46. The fourth-order valence-corrected chi connectivity index (χ4v) is 4.69. The van der Waals surface area contributed by atoms with E-state index in [4.69, 9.17) is 4.74 Å². The van der Waals surface area contributed by atoms with Crippen molar-refractivity contribution >= 4 is 16.0 Å². The summed E-state index contributed by atoms with van der Waals surface area (Å²) >= 11 is 0. The van der Waals surface area contributed by atoms with Crippen molar-refractivity contribution in [3.05, 3.63) is 59.9 Å². The summed E-state index contributed by atoms with van der Waals surface area (Å²) in [6.07, 6.45) is -1.04. The molecule has 0 aliphatic carbocycles. The molecule has 0 saturated carbocycles. The monoisotopic (exact) mass is 415 g/mol. The highest BCUT2D eigenvalue weighted by molar-refractivity contribution is 7.89. The van der Waals surface area contributed by atoms with Crippen LogP contribution in [-0.2, 0) is 19.6 Å². The van der Waals surface area contributed by atoms with E-state index in [1.807, 2.05) is 0 Å². The molecule has 1 aliphatic heterocycles. The number of sulfonamides is 1. The second-order valence-corrected chi connectivity index (χ2v) is 7.95. The average Bonchev–Trinajstić information content (AvgIpc) is 3.09. The van der Waals surface area contributed by atoms with Gasteiger partial charge in [0.15, 0.2) is 11.6 Å². The van der Waals surface area contributed by atoms with Crippen molar-refractivity contribution in [2.45, 2.75) is 23.5 Å². The first kappa shape index (κ1) is 20.2. The average molecular weight is 415 g/mol. The Hall–Kier alpha value is -2.59. The van der Waals surface area contributed by atoms with Crippen LogP contribution in [0.4, 0.5) is 13.2 Å². The zero-order chi connectivity index (χ0) is 20.5. The molecule has 2 aromatic carbocycles. The van der Waals surface area contributed by atoms with Crippen LogP contribution in [-0.4, -0.2) is 44.5 Å². The molecule has 2 unspecified atom stereocenters. The van der Waals surface area contributed by atoms with Crippen molar-refractivity contribution in [2.75, 3.05) is 13.7 Å². The molecule has 3 rings (SSSR count). The standard InChI is InChI=1S/C18H16F3NO5S/c1-26-18(23)15-9-12(27-16-5-3-2-4-13(16)20)10-22(15)28(24,25)17-8-11(19)6-7-14(17)21/h2-8,12,15H,9-10H2,1H3. The van der Waals surface area contributed by atoms with E-state index in [2.05, 4.69) is 4.74 Å². The topological polar surface area (TPSA) is 72.9 Å². The first-order valence-electron chi connectivity index (χ1n) is 8.20. The predicted molar refractivity (Wildman–Crippen MR) is 91.5 cm³/mol. The van der Waals surface area contributed by atoms with Gasteiger partial charge in [0.25, 0.3) is 0 Å². The molecule has 1 heterocycles. The number of hydrogen-bond donors (Lipinski definition) is 0. The van der Waals surface area contributed by atoms with E-state index in [0.717, 1.165) is 13.2 Å². The number of para-hydroxylation sites is 1. The van der Waals surface area contributed by atoms with Gasteiger partial charge >= 0.3 is 5.97 Å². The first-order valence-corrected chi connectivity index (χ1v) is 9.64. The molecule has 1 fully saturated rings. The summed E-state index contributed by atoms with van der Waals surface area (Å²) in [6, 6.07) is 6.17. The second-order valence-electron chi connectivity index (χ2n) is 6.09. The highest BCUT2D eigenvalue weighted by atomic mass is 32.2. The van der Waals surface area contributed by atoms with Crippen LogP contribution in [0.5, 0.6) is 5.75 Å². The number of rotatable bonds is 5. The van der Waals surface area contributed by atoms with Gasteiger partial charge in [-0.05, 0) is 30.3 Å². The van der Waals surface area contributed by atoms with E-state index in [1.165, 1.54) is 24.3 Å². The molecule has 0 spiro atoms. The summed E-state index contributed by atoms with van der Waals surface area (Å²) in [6.45, 7) is -0.369. The van der Waals surface area contributed by atoms with Gasteiger partial charge in [-0.3, -0.25) is 4.79 Å². The Kier molecular flexibility index (Phi) is 5.61. The van der Waals surface area contributed by atoms with E-state index in [9.17, 15) is 26.4 Å². The highest BCUT2D eigenvalue weighted by Crippen LogP contribution is 2.31. The molecular formula is C18H16F3NO5S. The van der Waals surface area contributed by atoms with Gasteiger partial charge in [-0.25, -0.2) is 21.6 Å². The van der Waals surface area contributed by atoms with Gasteiger partial charge in [0.05, 0.1) is 13.7 Å². The molecule has 0 amide bonds. The van der Waals surface area contributed by atoms with Gasteiger partial charge in [0.2, 0.25) is 10.0 Å². The molecule has 28 heavy (non-hydrogen) atoms. The molecule has 2 atom stereocenters. The Morgan fingerprint density at radius 3 is 2.50 bits per heavy atom. The number of carbonyl (C=O) groups is 1. The van der Waals surface area contributed by atoms with Crippen LogP contribution in [0.15, 0.2) is 47.4 Å². The summed E-state index contributed by atoms with van der Waals surface area (Å²) in [5.74, 6) is -3.78. The summed E-state index contributed by atoms with van der Waals surface area (Å²) in [5.41, 5.74) is 0. The second kappa shape index (κ2) is 7.80. The number of benzene rings is 2. The zero-order valence-electron chi connectivity index (χ0n) is 14.6. The van der Waals surface area contributed by atoms with E-state index >= 15 is 0 Å². The van der Waals surface area contributed by atoms with Gasteiger partial charge in [-0.15, -0.1) is 0 Å². The van der Waals surface area contributed by atoms with Crippen molar-refractivity contribution in [3.63, 3.8) is 0 Å². The lowest BCUT2D eigenvalue weighted by Crippen LogP contribution is -2.41. The minimum absolute atomic E-state index is 0.118. The Balaban J connectivity index is 1.94. The SMILES string of the molecule is COC(=O)C1CC(Oc2ccccc2F)CN1S(=O)(=O)c1cc(F)ccc1F. The zero-order valence-corrected chi connectivity index (χ0v) is 15.5. The van der Waals surface area contributed by atoms with Crippen LogP contribution in [0.2, 0.25) is 0 Å². The lowest BCUT2D eigenvalue weighted by Gasteiger charge is -2.22. The molecule has 6 nitrogen and oxygen atoms in total. The number of hydrogen-bond acceptors (Lipinski definition) is 5. The smallest absolute Gasteiger partial charge is 0.324 e. The molecule has 0 aromatic heterocycles. The van der Waals surface area contributed by atoms with Crippen LogP contribution >= 0.6 is 0 Å². The number of halogens is 3. The molecule has 1 aliphatic rings. The maximum Gasteiger partial charge on any atom is 0.324 e. The van der Waals surface area contributed by atoms with Crippen molar-refractivity contribution < 1.29 is 35.9 Å². The Labute approximate surface area is 159 Å². The van der Waals surface area contributed by atoms with Crippen molar-refractivity contribution in [1.29, 1.82) is 0 Å². The summed E-state index contributed by atoms with van der Waals surface area (Å²) in [4.78, 5) is 11.2. The van der Waals surface area contributed by atoms with Gasteiger partial charge in [0, 0.05) is 6.42 Å². The van der Waals surface area contributed by atoms with E-state index < -0.39 is 50.5 Å². The number of ether oxygens (including phenoxy) is 2. The summed E-state index contributed by atoms with van der Waals surface area (Å²) in [5, 5.41) is 0. The number of esters is 1. The molecular weight excluding hydrogens is 399 g/mol. The molecule has 2 aromatic rings. The maximum atomic E-state index is 14.1. The molecule has 150 valence electrons. The molecule has 0 radical (unpaired) electrons.